The van der Waals surface area contributed by atoms with Gasteiger partial charge in [0, 0.05) is 25.4 Å². The SMILES string of the molecule is COc1cc2c(c3c1c(=O)c1cc4ccccc4cc1n3C)[C@@H](OC(C)=O)[C@@H](C(N)C(=O)O)C(C)(C)O2. The summed E-state index contributed by atoms with van der Waals surface area (Å²) >= 11 is 0. The van der Waals surface area contributed by atoms with Crippen molar-refractivity contribution in [3.8, 4) is 11.5 Å². The quantitative estimate of drug-likeness (QED) is 0.318. The molecule has 1 aliphatic heterocycles. The molecule has 4 aromatic rings. The van der Waals surface area contributed by atoms with Crippen LogP contribution >= 0.6 is 0 Å². The van der Waals surface area contributed by atoms with Gasteiger partial charge in [-0.2, -0.15) is 0 Å². The zero-order chi connectivity index (χ0) is 26.8. The molecule has 0 amide bonds. The van der Waals surface area contributed by atoms with Crippen molar-refractivity contribution >= 4 is 44.5 Å². The number of rotatable bonds is 4. The smallest absolute Gasteiger partial charge is 0.321 e. The topological polar surface area (TPSA) is 130 Å². The van der Waals surface area contributed by atoms with Crippen LogP contribution in [0, 0.1) is 5.92 Å². The standard InChI is InChI=1S/C28H28N2O7/c1-13(31)36-26-21-19(37-28(2,3)22(26)23(29)27(33)34)12-18(35-5)20-24(21)30(4)17-11-15-9-7-6-8-14(15)10-16(17)25(20)32/h6-12,22-23,26H,29H2,1-5H3,(H,33,34)/t22-,23?,26-/m1/s1. The number of nitrogens with zero attached hydrogens (tertiary/aromatic N) is 1. The van der Waals surface area contributed by atoms with Crippen LogP contribution in [0.1, 0.15) is 32.4 Å². The number of esters is 1. The fourth-order valence-electron chi connectivity index (χ4n) is 5.65. The van der Waals surface area contributed by atoms with Crippen LogP contribution in [-0.4, -0.2) is 40.4 Å². The van der Waals surface area contributed by atoms with Gasteiger partial charge in [0.25, 0.3) is 0 Å². The van der Waals surface area contributed by atoms with E-state index in [1.54, 1.807) is 27.0 Å². The Morgan fingerprint density at radius 2 is 1.81 bits per heavy atom. The molecule has 1 aliphatic rings. The number of carbonyl (C=O) groups is 2. The van der Waals surface area contributed by atoms with Crippen molar-refractivity contribution in [2.75, 3.05) is 7.11 Å². The number of aliphatic carboxylic acids is 1. The molecule has 0 fully saturated rings. The molecule has 9 heteroatoms. The lowest BCUT2D eigenvalue weighted by Gasteiger charge is -2.46. The van der Waals surface area contributed by atoms with Crippen LogP contribution in [0.2, 0.25) is 0 Å². The van der Waals surface area contributed by atoms with E-state index in [-0.39, 0.29) is 10.8 Å². The number of hydrogen-bond acceptors (Lipinski definition) is 7. The summed E-state index contributed by atoms with van der Waals surface area (Å²) < 4.78 is 19.6. The van der Waals surface area contributed by atoms with Crippen molar-refractivity contribution in [1.29, 1.82) is 0 Å². The average Bonchev–Trinajstić information content (AvgIpc) is 2.84. The second-order valence-electron chi connectivity index (χ2n) is 9.94. The van der Waals surface area contributed by atoms with Crippen LogP contribution in [0.25, 0.3) is 32.6 Å². The van der Waals surface area contributed by atoms with Gasteiger partial charge in [-0.15, -0.1) is 0 Å². The van der Waals surface area contributed by atoms with Crippen LogP contribution in [-0.2, 0) is 21.4 Å². The highest BCUT2D eigenvalue weighted by Gasteiger charge is 2.52. The van der Waals surface area contributed by atoms with E-state index >= 15 is 0 Å². The molecule has 0 saturated heterocycles. The molecule has 2 heterocycles. The molecular formula is C28H28N2O7. The summed E-state index contributed by atoms with van der Waals surface area (Å²) in [6.45, 7) is 4.64. The Labute approximate surface area is 212 Å². The summed E-state index contributed by atoms with van der Waals surface area (Å²) in [5.41, 5.74) is 6.20. The molecule has 1 aromatic heterocycles. The molecule has 3 aromatic carbocycles. The Morgan fingerprint density at radius 1 is 1.16 bits per heavy atom. The third-order valence-electron chi connectivity index (χ3n) is 7.27. The maximum absolute atomic E-state index is 14.0. The van der Waals surface area contributed by atoms with Crippen molar-refractivity contribution < 1.29 is 28.9 Å². The zero-order valence-electron chi connectivity index (χ0n) is 21.2. The van der Waals surface area contributed by atoms with Gasteiger partial charge in [-0.3, -0.25) is 14.4 Å². The number of carboxylic acid groups (broad SMARTS) is 1. The second kappa shape index (κ2) is 8.48. The summed E-state index contributed by atoms with van der Waals surface area (Å²) in [5.74, 6) is -2.21. The van der Waals surface area contributed by atoms with E-state index in [1.165, 1.54) is 14.0 Å². The number of fused-ring (bicyclic) bond motifs is 5. The van der Waals surface area contributed by atoms with E-state index in [0.29, 0.717) is 33.5 Å². The first-order valence-corrected chi connectivity index (χ1v) is 11.9. The number of carboxylic acids is 1. The van der Waals surface area contributed by atoms with Crippen LogP contribution in [0.15, 0.2) is 47.3 Å². The van der Waals surface area contributed by atoms with Crippen LogP contribution < -0.4 is 20.6 Å². The van der Waals surface area contributed by atoms with Crippen molar-refractivity contribution in [3.63, 3.8) is 0 Å². The Hall–Kier alpha value is -4.11. The summed E-state index contributed by atoms with van der Waals surface area (Å²) in [5, 5.41) is 12.4. The molecular weight excluding hydrogens is 476 g/mol. The summed E-state index contributed by atoms with van der Waals surface area (Å²) in [4.78, 5) is 38.3. The second-order valence-corrected chi connectivity index (χ2v) is 9.94. The van der Waals surface area contributed by atoms with Gasteiger partial charge in [0.05, 0.1) is 35.0 Å². The third-order valence-corrected chi connectivity index (χ3v) is 7.27. The van der Waals surface area contributed by atoms with E-state index in [2.05, 4.69) is 0 Å². The zero-order valence-corrected chi connectivity index (χ0v) is 21.2. The number of nitrogens with two attached hydrogens (primary N) is 1. The number of carbonyl (C=O) groups excluding carboxylic acids is 1. The van der Waals surface area contributed by atoms with Crippen molar-refractivity contribution in [1.82, 2.24) is 4.57 Å². The fourth-order valence-corrected chi connectivity index (χ4v) is 5.65. The van der Waals surface area contributed by atoms with Crippen LogP contribution in [0.4, 0.5) is 0 Å². The number of methoxy groups -OCH3 is 1. The normalized spacial score (nSPS) is 19.3. The summed E-state index contributed by atoms with van der Waals surface area (Å²) in [6, 6.07) is 11.7. The predicted molar refractivity (Wildman–Crippen MR) is 139 cm³/mol. The minimum absolute atomic E-state index is 0.265. The maximum Gasteiger partial charge on any atom is 0.321 e. The highest BCUT2D eigenvalue weighted by Crippen LogP contribution is 2.51. The van der Waals surface area contributed by atoms with Gasteiger partial charge in [-0.25, -0.2) is 0 Å². The first-order valence-electron chi connectivity index (χ1n) is 11.9. The summed E-state index contributed by atoms with van der Waals surface area (Å²) in [7, 11) is 3.27. The lowest BCUT2D eigenvalue weighted by molar-refractivity contribution is -0.164. The maximum atomic E-state index is 14.0. The van der Waals surface area contributed by atoms with Gasteiger partial charge in [-0.1, -0.05) is 24.3 Å². The van der Waals surface area contributed by atoms with E-state index in [4.69, 9.17) is 19.9 Å². The molecule has 192 valence electrons. The number of aryl methyl sites for hydroxylation is 1. The molecule has 0 bridgehead atoms. The molecule has 9 nitrogen and oxygen atoms in total. The first-order chi connectivity index (χ1) is 17.5. The van der Waals surface area contributed by atoms with Crippen molar-refractivity contribution in [2.24, 2.45) is 18.7 Å². The molecule has 3 N–H and O–H groups in total. The van der Waals surface area contributed by atoms with Crippen molar-refractivity contribution in [3.05, 3.63) is 58.3 Å². The fraction of sp³-hybridized carbons (Fsp3) is 0.321. The third kappa shape index (κ3) is 3.69. The van der Waals surface area contributed by atoms with Gasteiger partial charge in [-0.05, 0) is 36.8 Å². The average molecular weight is 505 g/mol. The van der Waals surface area contributed by atoms with Crippen LogP contribution in [0.3, 0.4) is 0 Å². The van der Waals surface area contributed by atoms with E-state index in [9.17, 15) is 19.5 Å². The molecule has 0 spiro atoms. The predicted octanol–water partition coefficient (Wildman–Crippen LogP) is 3.66. The Balaban J connectivity index is 1.97. The number of ether oxygens (including phenoxy) is 3. The molecule has 0 radical (unpaired) electrons. The lowest BCUT2D eigenvalue weighted by Crippen LogP contribution is -2.56. The highest BCUT2D eigenvalue weighted by atomic mass is 16.6. The lowest BCUT2D eigenvalue weighted by atomic mass is 9.75. The minimum atomic E-state index is -1.41. The van der Waals surface area contributed by atoms with E-state index in [0.717, 1.165) is 10.8 Å². The number of pyridine rings is 1. The van der Waals surface area contributed by atoms with Gasteiger partial charge in [0.1, 0.15) is 29.2 Å². The van der Waals surface area contributed by atoms with Gasteiger partial charge in [0.15, 0.2) is 0 Å². The largest absolute Gasteiger partial charge is 0.496 e. The van der Waals surface area contributed by atoms with E-state index < -0.39 is 35.6 Å². The highest BCUT2D eigenvalue weighted by molar-refractivity contribution is 6.04. The number of hydrogen-bond donors (Lipinski definition) is 2. The van der Waals surface area contributed by atoms with Crippen LogP contribution in [0.5, 0.6) is 11.5 Å². The van der Waals surface area contributed by atoms with Gasteiger partial charge in [0.2, 0.25) is 5.43 Å². The monoisotopic (exact) mass is 504 g/mol. The molecule has 3 atom stereocenters. The van der Waals surface area contributed by atoms with Gasteiger partial charge >= 0.3 is 11.9 Å². The molecule has 1 unspecified atom stereocenters. The Bertz CT molecular complexity index is 1670. The summed E-state index contributed by atoms with van der Waals surface area (Å²) in [6.07, 6.45) is -1.10. The number of benzene rings is 3. The Kier molecular flexibility index (Phi) is 5.64. The van der Waals surface area contributed by atoms with Crippen molar-refractivity contribution in [2.45, 2.75) is 38.5 Å². The number of aromatic nitrogens is 1. The van der Waals surface area contributed by atoms with Gasteiger partial charge < -0.3 is 29.6 Å². The molecule has 0 aliphatic carbocycles. The molecule has 5 rings (SSSR count). The minimum Gasteiger partial charge on any atom is -0.496 e. The molecule has 37 heavy (non-hydrogen) atoms. The van der Waals surface area contributed by atoms with E-state index in [1.807, 2.05) is 41.0 Å². The Morgan fingerprint density at radius 3 is 2.41 bits per heavy atom. The molecule has 0 saturated carbocycles. The first kappa shape index (κ1) is 24.6.